The van der Waals surface area contributed by atoms with E-state index in [-0.39, 0.29) is 11.6 Å². The summed E-state index contributed by atoms with van der Waals surface area (Å²) in [5.74, 6) is -0.00907. The van der Waals surface area contributed by atoms with Crippen LogP contribution in [0.3, 0.4) is 0 Å². The molecule has 1 aliphatic heterocycles. The highest BCUT2D eigenvalue weighted by molar-refractivity contribution is 7.08. The van der Waals surface area contributed by atoms with Gasteiger partial charge in [-0.25, -0.2) is 0 Å². The predicted molar refractivity (Wildman–Crippen MR) is 90.5 cm³/mol. The first-order chi connectivity index (χ1) is 11.6. The second-order valence-corrected chi connectivity index (χ2v) is 6.21. The SMILES string of the molecule is CCc1nnsc1C(=O)N1CCN(c2ccc([N+](=O)[O-])cc2)CC1. The molecule has 1 aromatic heterocycles. The van der Waals surface area contributed by atoms with E-state index in [1.807, 2.05) is 11.8 Å². The van der Waals surface area contributed by atoms with Gasteiger partial charge in [-0.2, -0.15) is 0 Å². The number of non-ortho nitro benzene ring substituents is 1. The van der Waals surface area contributed by atoms with Crippen LogP contribution in [0.4, 0.5) is 11.4 Å². The summed E-state index contributed by atoms with van der Waals surface area (Å²) in [6, 6.07) is 6.50. The third-order valence-electron chi connectivity index (χ3n) is 4.08. The molecule has 0 aliphatic carbocycles. The Labute approximate surface area is 143 Å². The summed E-state index contributed by atoms with van der Waals surface area (Å²) in [4.78, 5) is 27.4. The van der Waals surface area contributed by atoms with E-state index in [1.54, 1.807) is 12.1 Å². The van der Waals surface area contributed by atoms with E-state index in [0.717, 1.165) is 22.9 Å². The average molecular weight is 347 g/mol. The number of hydrogen-bond donors (Lipinski definition) is 0. The summed E-state index contributed by atoms with van der Waals surface area (Å²) in [5.41, 5.74) is 1.77. The number of amides is 1. The van der Waals surface area contributed by atoms with Crippen molar-refractivity contribution in [1.29, 1.82) is 0 Å². The zero-order valence-electron chi connectivity index (χ0n) is 13.2. The van der Waals surface area contributed by atoms with E-state index >= 15 is 0 Å². The Morgan fingerprint density at radius 2 is 1.92 bits per heavy atom. The van der Waals surface area contributed by atoms with Crippen molar-refractivity contribution in [2.75, 3.05) is 31.1 Å². The van der Waals surface area contributed by atoms with Crippen LogP contribution in [0.1, 0.15) is 22.3 Å². The van der Waals surface area contributed by atoms with E-state index < -0.39 is 4.92 Å². The Morgan fingerprint density at radius 1 is 1.25 bits per heavy atom. The average Bonchev–Trinajstić information content (AvgIpc) is 3.10. The quantitative estimate of drug-likeness (QED) is 0.620. The van der Waals surface area contributed by atoms with Crippen LogP contribution >= 0.6 is 11.5 Å². The van der Waals surface area contributed by atoms with E-state index in [2.05, 4.69) is 14.5 Å². The maximum Gasteiger partial charge on any atom is 0.269 e. The fourth-order valence-corrected chi connectivity index (χ4v) is 3.42. The standard InChI is InChI=1S/C15H17N5O3S/c1-2-13-14(24-17-16-13)15(21)19-9-7-18(8-10-19)11-3-5-12(6-4-11)20(22)23/h3-6H,2,7-10H2,1H3. The zero-order chi connectivity index (χ0) is 17.1. The minimum absolute atomic E-state index is 0.00907. The molecule has 1 aromatic carbocycles. The molecule has 0 N–H and O–H groups in total. The molecule has 1 saturated heterocycles. The number of nitrogens with zero attached hydrogens (tertiary/aromatic N) is 5. The van der Waals surface area contributed by atoms with Gasteiger partial charge in [-0.15, -0.1) is 5.10 Å². The summed E-state index contributed by atoms with van der Waals surface area (Å²) in [5, 5.41) is 14.7. The number of aromatic nitrogens is 2. The Morgan fingerprint density at radius 3 is 2.50 bits per heavy atom. The Bertz CT molecular complexity index is 738. The number of rotatable bonds is 4. The van der Waals surface area contributed by atoms with Crippen LogP contribution in [0.2, 0.25) is 0 Å². The van der Waals surface area contributed by atoms with Gasteiger partial charge in [0.15, 0.2) is 0 Å². The van der Waals surface area contributed by atoms with Crippen LogP contribution in [0, 0.1) is 10.1 Å². The molecule has 0 radical (unpaired) electrons. The Balaban J connectivity index is 1.63. The van der Waals surface area contributed by atoms with E-state index in [1.165, 1.54) is 12.1 Å². The normalized spacial score (nSPS) is 14.7. The molecule has 1 fully saturated rings. The van der Waals surface area contributed by atoms with Crippen molar-refractivity contribution in [2.45, 2.75) is 13.3 Å². The van der Waals surface area contributed by atoms with Crippen molar-refractivity contribution in [3.8, 4) is 0 Å². The van der Waals surface area contributed by atoms with Crippen LogP contribution in [0.5, 0.6) is 0 Å². The molecule has 2 heterocycles. The molecule has 1 aliphatic rings. The summed E-state index contributed by atoms with van der Waals surface area (Å²) in [7, 11) is 0. The van der Waals surface area contributed by atoms with E-state index in [4.69, 9.17) is 0 Å². The topological polar surface area (TPSA) is 92.5 Å². The number of hydrogen-bond acceptors (Lipinski definition) is 7. The van der Waals surface area contributed by atoms with Gasteiger partial charge in [-0.05, 0) is 30.1 Å². The zero-order valence-corrected chi connectivity index (χ0v) is 14.0. The van der Waals surface area contributed by atoms with Gasteiger partial charge in [0.05, 0.1) is 10.6 Å². The van der Waals surface area contributed by atoms with Crippen molar-refractivity contribution in [2.24, 2.45) is 0 Å². The molecule has 24 heavy (non-hydrogen) atoms. The fraction of sp³-hybridized carbons (Fsp3) is 0.400. The van der Waals surface area contributed by atoms with Crippen LogP contribution < -0.4 is 4.90 Å². The highest BCUT2D eigenvalue weighted by Gasteiger charge is 2.25. The van der Waals surface area contributed by atoms with Crippen LogP contribution in [-0.4, -0.2) is 51.5 Å². The second-order valence-electron chi connectivity index (χ2n) is 5.46. The first-order valence-electron chi connectivity index (χ1n) is 7.70. The molecule has 2 aromatic rings. The molecule has 1 amide bonds. The summed E-state index contributed by atoms with van der Waals surface area (Å²) >= 11 is 1.15. The summed E-state index contributed by atoms with van der Waals surface area (Å²) in [6.45, 7) is 4.56. The number of piperazine rings is 1. The highest BCUT2D eigenvalue weighted by atomic mass is 32.1. The fourth-order valence-electron chi connectivity index (χ4n) is 2.70. The lowest BCUT2D eigenvalue weighted by Crippen LogP contribution is -2.48. The van der Waals surface area contributed by atoms with Gasteiger partial charge >= 0.3 is 0 Å². The van der Waals surface area contributed by atoms with Gasteiger partial charge < -0.3 is 9.80 Å². The highest BCUT2D eigenvalue weighted by Crippen LogP contribution is 2.22. The van der Waals surface area contributed by atoms with Crippen molar-refractivity contribution >= 4 is 28.8 Å². The maximum absolute atomic E-state index is 12.6. The smallest absolute Gasteiger partial charge is 0.269 e. The lowest BCUT2D eigenvalue weighted by atomic mass is 10.2. The molecular weight excluding hydrogens is 330 g/mol. The van der Waals surface area contributed by atoms with Crippen LogP contribution in [-0.2, 0) is 6.42 Å². The minimum Gasteiger partial charge on any atom is -0.368 e. The molecule has 0 spiro atoms. The largest absolute Gasteiger partial charge is 0.368 e. The summed E-state index contributed by atoms with van der Waals surface area (Å²) in [6.07, 6.45) is 0.695. The van der Waals surface area contributed by atoms with Gasteiger partial charge in [0.25, 0.3) is 11.6 Å². The molecule has 9 heteroatoms. The number of carbonyl (C=O) groups is 1. The number of carbonyl (C=O) groups excluding carboxylic acids is 1. The lowest BCUT2D eigenvalue weighted by Gasteiger charge is -2.35. The van der Waals surface area contributed by atoms with Crippen molar-refractivity contribution in [3.05, 3.63) is 45.0 Å². The number of nitro groups is 1. The van der Waals surface area contributed by atoms with Crippen molar-refractivity contribution in [3.63, 3.8) is 0 Å². The number of aryl methyl sites for hydroxylation is 1. The van der Waals surface area contributed by atoms with Crippen molar-refractivity contribution in [1.82, 2.24) is 14.5 Å². The Kier molecular flexibility index (Phi) is 4.70. The minimum atomic E-state index is -0.408. The molecule has 3 rings (SSSR count). The molecule has 126 valence electrons. The third kappa shape index (κ3) is 3.21. The first-order valence-corrected chi connectivity index (χ1v) is 8.47. The van der Waals surface area contributed by atoms with Gasteiger partial charge in [0.2, 0.25) is 0 Å². The number of anilines is 1. The van der Waals surface area contributed by atoms with Gasteiger partial charge in [-0.1, -0.05) is 11.4 Å². The van der Waals surface area contributed by atoms with Gasteiger partial charge in [-0.3, -0.25) is 14.9 Å². The molecule has 0 saturated carbocycles. The Hall–Kier alpha value is -2.55. The number of benzene rings is 1. The van der Waals surface area contributed by atoms with E-state index in [0.29, 0.717) is 37.5 Å². The molecule has 0 bridgehead atoms. The lowest BCUT2D eigenvalue weighted by molar-refractivity contribution is -0.384. The molecule has 0 unspecified atom stereocenters. The summed E-state index contributed by atoms with van der Waals surface area (Å²) < 4.78 is 3.87. The van der Waals surface area contributed by atoms with Crippen LogP contribution in [0.15, 0.2) is 24.3 Å². The predicted octanol–water partition coefficient (Wildman–Crippen LogP) is 1.97. The first kappa shape index (κ1) is 16.3. The molecule has 8 nitrogen and oxygen atoms in total. The van der Waals surface area contributed by atoms with Gasteiger partial charge in [0, 0.05) is 44.0 Å². The van der Waals surface area contributed by atoms with Gasteiger partial charge in [0.1, 0.15) is 4.88 Å². The molecule has 0 atom stereocenters. The van der Waals surface area contributed by atoms with E-state index in [9.17, 15) is 14.9 Å². The maximum atomic E-state index is 12.6. The monoisotopic (exact) mass is 347 g/mol. The second kappa shape index (κ2) is 6.91. The van der Waals surface area contributed by atoms with Crippen molar-refractivity contribution < 1.29 is 9.72 Å². The number of nitro benzene ring substituents is 1. The molecular formula is C15H17N5O3S. The third-order valence-corrected chi connectivity index (χ3v) is 4.83. The van der Waals surface area contributed by atoms with Crippen LogP contribution in [0.25, 0.3) is 0 Å².